The Morgan fingerprint density at radius 3 is 2.64 bits per heavy atom. The van der Waals surface area contributed by atoms with E-state index in [0.717, 1.165) is 6.61 Å². The van der Waals surface area contributed by atoms with Crippen molar-refractivity contribution in [1.29, 1.82) is 5.26 Å². The van der Waals surface area contributed by atoms with Crippen LogP contribution in [-0.2, 0) is 14.3 Å². The van der Waals surface area contributed by atoms with Gasteiger partial charge in [-0.15, -0.1) is 0 Å². The van der Waals surface area contributed by atoms with Crippen LogP contribution in [0.25, 0.3) is 0 Å². The first-order chi connectivity index (χ1) is 6.65. The molecule has 1 aliphatic heterocycles. The monoisotopic (exact) mass is 195 g/mol. The van der Waals surface area contributed by atoms with Crippen molar-refractivity contribution in [2.45, 2.75) is 12.5 Å². The zero-order valence-electron chi connectivity index (χ0n) is 8.16. The van der Waals surface area contributed by atoms with Gasteiger partial charge in [-0.05, 0) is 0 Å². The first-order valence-electron chi connectivity index (χ1n) is 4.04. The summed E-state index contributed by atoms with van der Waals surface area (Å²) >= 11 is 0. The van der Waals surface area contributed by atoms with Crippen molar-refractivity contribution in [2.75, 3.05) is 13.7 Å². The SMILES string of the molecule is C=C(CC1CO1)C(=O)OC.C=CC#N. The molecule has 1 unspecified atom stereocenters. The fourth-order valence-electron chi connectivity index (χ4n) is 0.688. The molecule has 0 aromatic carbocycles. The minimum absolute atomic E-state index is 0.214. The Bertz CT molecular complexity index is 261. The van der Waals surface area contributed by atoms with Crippen LogP contribution >= 0.6 is 0 Å². The topological polar surface area (TPSA) is 62.6 Å². The van der Waals surface area contributed by atoms with Crippen LogP contribution in [0.3, 0.4) is 0 Å². The summed E-state index contributed by atoms with van der Waals surface area (Å²) in [6.07, 6.45) is 2.00. The van der Waals surface area contributed by atoms with Crippen LogP contribution in [0.2, 0.25) is 0 Å². The Kier molecular flexibility index (Phi) is 6.08. The van der Waals surface area contributed by atoms with E-state index in [9.17, 15) is 4.79 Å². The van der Waals surface area contributed by atoms with Crippen molar-refractivity contribution < 1.29 is 14.3 Å². The molecule has 4 nitrogen and oxygen atoms in total. The van der Waals surface area contributed by atoms with Crippen LogP contribution in [-0.4, -0.2) is 25.8 Å². The highest BCUT2D eigenvalue weighted by Crippen LogP contribution is 2.18. The number of nitriles is 1. The fraction of sp³-hybridized carbons (Fsp3) is 0.400. The summed E-state index contributed by atoms with van der Waals surface area (Å²) in [6.45, 7) is 7.42. The first-order valence-corrected chi connectivity index (χ1v) is 4.04. The summed E-state index contributed by atoms with van der Waals surface area (Å²) in [7, 11) is 1.35. The van der Waals surface area contributed by atoms with E-state index in [1.807, 2.05) is 0 Å². The van der Waals surface area contributed by atoms with E-state index < -0.39 is 0 Å². The molecule has 1 heterocycles. The van der Waals surface area contributed by atoms with Crippen molar-refractivity contribution in [3.63, 3.8) is 0 Å². The Labute approximate surface area is 83.4 Å². The molecule has 76 valence electrons. The minimum Gasteiger partial charge on any atom is -0.466 e. The van der Waals surface area contributed by atoms with Gasteiger partial charge in [0.1, 0.15) is 0 Å². The Balaban J connectivity index is 0.000000364. The predicted molar refractivity (Wildman–Crippen MR) is 51.3 cm³/mol. The van der Waals surface area contributed by atoms with Gasteiger partial charge in [0.15, 0.2) is 0 Å². The number of allylic oxidation sites excluding steroid dienone is 1. The van der Waals surface area contributed by atoms with Gasteiger partial charge in [-0.1, -0.05) is 13.2 Å². The molecule has 1 rings (SSSR count). The summed E-state index contributed by atoms with van der Waals surface area (Å²) in [4.78, 5) is 10.7. The number of carbonyl (C=O) groups is 1. The van der Waals surface area contributed by atoms with E-state index >= 15 is 0 Å². The molecule has 14 heavy (non-hydrogen) atoms. The van der Waals surface area contributed by atoms with Gasteiger partial charge in [0.2, 0.25) is 0 Å². The molecule has 0 amide bonds. The number of esters is 1. The second-order valence-corrected chi connectivity index (χ2v) is 2.59. The van der Waals surface area contributed by atoms with E-state index in [4.69, 9.17) is 10.00 Å². The molecule has 0 N–H and O–H groups in total. The first kappa shape index (κ1) is 12.4. The molecule has 0 spiro atoms. The third kappa shape index (κ3) is 5.98. The van der Waals surface area contributed by atoms with Crippen molar-refractivity contribution >= 4 is 5.97 Å². The summed E-state index contributed by atoms with van der Waals surface area (Å²) < 4.78 is 9.35. The van der Waals surface area contributed by atoms with Gasteiger partial charge < -0.3 is 9.47 Å². The largest absolute Gasteiger partial charge is 0.466 e. The van der Waals surface area contributed by atoms with Gasteiger partial charge in [-0.2, -0.15) is 5.26 Å². The van der Waals surface area contributed by atoms with Crippen LogP contribution in [0.5, 0.6) is 0 Å². The number of epoxide rings is 1. The summed E-state index contributed by atoms with van der Waals surface area (Å²) in [6, 6.07) is 1.69. The molecule has 1 fully saturated rings. The van der Waals surface area contributed by atoms with Crippen LogP contribution in [0, 0.1) is 11.3 Å². The second kappa shape index (κ2) is 6.87. The quantitative estimate of drug-likeness (QED) is 0.294. The standard InChI is InChI=1S/C7H10O3.C3H3N/c1-5(7(8)9-2)3-6-4-10-6;1-2-3-4/h6H,1,3-4H2,2H3;2H,1H2. The summed E-state index contributed by atoms with van der Waals surface area (Å²) in [5.74, 6) is -0.337. The average molecular weight is 195 g/mol. The molecule has 1 aliphatic rings. The van der Waals surface area contributed by atoms with Gasteiger partial charge in [0.25, 0.3) is 0 Å². The molecule has 0 aromatic heterocycles. The lowest BCUT2D eigenvalue weighted by Crippen LogP contribution is -2.05. The highest BCUT2D eigenvalue weighted by Gasteiger charge is 2.25. The maximum absolute atomic E-state index is 10.7. The van der Waals surface area contributed by atoms with Crippen LogP contribution in [0.4, 0.5) is 0 Å². The van der Waals surface area contributed by atoms with Crippen LogP contribution in [0.15, 0.2) is 24.8 Å². The molecule has 0 bridgehead atoms. The van der Waals surface area contributed by atoms with Crippen LogP contribution < -0.4 is 0 Å². The van der Waals surface area contributed by atoms with Gasteiger partial charge in [0, 0.05) is 18.1 Å². The van der Waals surface area contributed by atoms with Gasteiger partial charge in [-0.3, -0.25) is 0 Å². The Morgan fingerprint density at radius 2 is 2.36 bits per heavy atom. The molecule has 0 radical (unpaired) electrons. The van der Waals surface area contributed by atoms with E-state index in [2.05, 4.69) is 17.9 Å². The number of hydrogen-bond donors (Lipinski definition) is 0. The maximum Gasteiger partial charge on any atom is 0.333 e. The lowest BCUT2D eigenvalue weighted by molar-refractivity contribution is -0.136. The molecule has 4 heteroatoms. The maximum atomic E-state index is 10.7. The van der Waals surface area contributed by atoms with Crippen LogP contribution in [0.1, 0.15) is 6.42 Å². The molecule has 1 saturated heterocycles. The number of nitrogens with zero attached hydrogens (tertiary/aromatic N) is 1. The van der Waals surface area contributed by atoms with E-state index in [-0.39, 0.29) is 12.1 Å². The van der Waals surface area contributed by atoms with Gasteiger partial charge in [-0.25, -0.2) is 4.79 Å². The second-order valence-electron chi connectivity index (χ2n) is 2.59. The number of carbonyl (C=O) groups excluding carboxylic acids is 1. The number of hydrogen-bond acceptors (Lipinski definition) is 4. The van der Waals surface area contributed by atoms with Crippen molar-refractivity contribution in [3.8, 4) is 6.07 Å². The fourth-order valence-corrected chi connectivity index (χ4v) is 0.688. The number of rotatable bonds is 3. The minimum atomic E-state index is -0.337. The number of methoxy groups -OCH3 is 1. The lowest BCUT2D eigenvalue weighted by Gasteiger charge is -1.98. The van der Waals surface area contributed by atoms with Crippen molar-refractivity contribution in [3.05, 3.63) is 24.8 Å². The van der Waals surface area contributed by atoms with E-state index in [1.165, 1.54) is 13.2 Å². The Morgan fingerprint density at radius 1 is 1.86 bits per heavy atom. The van der Waals surface area contributed by atoms with E-state index in [1.54, 1.807) is 6.07 Å². The predicted octanol–water partition coefficient (Wildman–Crippen LogP) is 1.20. The molecule has 0 saturated carbocycles. The summed E-state index contributed by atoms with van der Waals surface area (Å²) in [5, 5.41) is 7.51. The molecule has 0 aromatic rings. The highest BCUT2D eigenvalue weighted by atomic mass is 16.6. The van der Waals surface area contributed by atoms with Gasteiger partial charge >= 0.3 is 5.97 Å². The summed E-state index contributed by atoms with van der Waals surface area (Å²) in [5.41, 5.74) is 0.491. The molecule has 1 atom stereocenters. The molecule has 0 aliphatic carbocycles. The zero-order valence-corrected chi connectivity index (χ0v) is 8.16. The molecular formula is C10H13NO3. The Hall–Kier alpha value is -1.60. The normalized spacial score (nSPS) is 16.7. The van der Waals surface area contributed by atoms with Crippen molar-refractivity contribution in [2.24, 2.45) is 0 Å². The molecular weight excluding hydrogens is 182 g/mol. The third-order valence-corrected chi connectivity index (χ3v) is 1.44. The smallest absolute Gasteiger partial charge is 0.333 e. The third-order valence-electron chi connectivity index (χ3n) is 1.44. The van der Waals surface area contributed by atoms with Gasteiger partial charge in [0.05, 0.1) is 25.9 Å². The average Bonchev–Trinajstić information content (AvgIpc) is 3.00. The number of ether oxygens (including phenoxy) is 2. The van der Waals surface area contributed by atoms with E-state index in [0.29, 0.717) is 12.0 Å². The zero-order chi connectivity index (χ0) is 11.0. The van der Waals surface area contributed by atoms with Crippen molar-refractivity contribution in [1.82, 2.24) is 0 Å². The highest BCUT2D eigenvalue weighted by molar-refractivity contribution is 5.87. The lowest BCUT2D eigenvalue weighted by atomic mass is 10.2.